The van der Waals surface area contributed by atoms with Gasteiger partial charge in [-0.1, -0.05) is 12.1 Å². The van der Waals surface area contributed by atoms with Crippen molar-refractivity contribution >= 4 is 57.5 Å². The highest BCUT2D eigenvalue weighted by molar-refractivity contribution is 7.00. The van der Waals surface area contributed by atoms with E-state index in [4.69, 9.17) is 9.47 Å². The van der Waals surface area contributed by atoms with Gasteiger partial charge in [-0.25, -0.2) is 9.59 Å². The fourth-order valence-electron chi connectivity index (χ4n) is 3.43. The van der Waals surface area contributed by atoms with Crippen LogP contribution in [0.5, 0.6) is 5.75 Å². The fourth-order valence-corrected chi connectivity index (χ4v) is 4.46. The van der Waals surface area contributed by atoms with Gasteiger partial charge in [-0.2, -0.15) is 17.5 Å². The first-order valence-corrected chi connectivity index (χ1v) is 11.1. The molecule has 0 aliphatic heterocycles. The molecule has 3 aromatic carbocycles. The predicted octanol–water partition coefficient (Wildman–Crippen LogP) is 4.35. The van der Waals surface area contributed by atoms with E-state index in [1.807, 2.05) is 36.4 Å². The first kappa shape index (κ1) is 20.9. The molecule has 0 saturated heterocycles. The molecule has 0 aliphatic carbocycles. The van der Waals surface area contributed by atoms with E-state index in [2.05, 4.69) is 17.5 Å². The van der Waals surface area contributed by atoms with E-state index in [9.17, 15) is 14.7 Å². The SMILES string of the molecule is COc1ccc(C(=O)OC(c2ccc3nsnc3c2)c2ccc3nsnc3c2)cc1C(=O)O. The van der Waals surface area contributed by atoms with Crippen LogP contribution in [0.3, 0.4) is 0 Å². The normalized spacial score (nSPS) is 11.2. The quantitative estimate of drug-likeness (QED) is 0.355. The zero-order chi connectivity index (χ0) is 22.9. The van der Waals surface area contributed by atoms with E-state index < -0.39 is 18.0 Å². The molecule has 0 atom stereocenters. The van der Waals surface area contributed by atoms with Gasteiger partial charge in [0.05, 0.1) is 36.1 Å². The molecule has 0 amide bonds. The van der Waals surface area contributed by atoms with E-state index in [0.29, 0.717) is 22.2 Å². The van der Waals surface area contributed by atoms with Crippen molar-refractivity contribution in [2.45, 2.75) is 6.10 Å². The topological polar surface area (TPSA) is 124 Å². The first-order chi connectivity index (χ1) is 16.0. The van der Waals surface area contributed by atoms with Gasteiger partial charge in [-0.3, -0.25) is 0 Å². The Morgan fingerprint density at radius 2 is 1.39 bits per heavy atom. The third-order valence-electron chi connectivity index (χ3n) is 5.05. The summed E-state index contributed by atoms with van der Waals surface area (Å²) in [5.74, 6) is -1.74. The van der Waals surface area contributed by atoms with Gasteiger partial charge in [-0.15, -0.1) is 0 Å². The lowest BCUT2D eigenvalue weighted by atomic mass is 10.00. The zero-order valence-electron chi connectivity index (χ0n) is 17.0. The van der Waals surface area contributed by atoms with Crippen molar-refractivity contribution in [3.8, 4) is 5.75 Å². The molecule has 2 heterocycles. The van der Waals surface area contributed by atoms with Gasteiger partial charge in [-0.05, 0) is 53.6 Å². The number of aromatic nitrogens is 4. The molecule has 5 aromatic rings. The minimum absolute atomic E-state index is 0.0889. The smallest absolute Gasteiger partial charge is 0.339 e. The molecular weight excluding hydrogens is 464 g/mol. The van der Waals surface area contributed by atoms with Crippen molar-refractivity contribution in [3.63, 3.8) is 0 Å². The molecule has 164 valence electrons. The number of methoxy groups -OCH3 is 1. The molecule has 0 spiro atoms. The Morgan fingerprint density at radius 1 is 0.818 bits per heavy atom. The van der Waals surface area contributed by atoms with Crippen LogP contribution in [0.2, 0.25) is 0 Å². The number of nitrogens with zero attached hydrogens (tertiary/aromatic N) is 4. The summed E-state index contributed by atoms with van der Waals surface area (Å²) in [4.78, 5) is 24.7. The van der Waals surface area contributed by atoms with Crippen LogP contribution in [0.4, 0.5) is 0 Å². The monoisotopic (exact) mass is 478 g/mol. The summed E-state index contributed by atoms with van der Waals surface area (Å²) >= 11 is 2.20. The third-order valence-corrected chi connectivity index (χ3v) is 6.16. The molecule has 0 radical (unpaired) electrons. The predicted molar refractivity (Wildman–Crippen MR) is 122 cm³/mol. The van der Waals surface area contributed by atoms with Gasteiger partial charge in [0.1, 0.15) is 33.4 Å². The van der Waals surface area contributed by atoms with Crippen LogP contribution in [0.15, 0.2) is 54.6 Å². The van der Waals surface area contributed by atoms with Crippen LogP contribution < -0.4 is 4.74 Å². The molecule has 9 nitrogen and oxygen atoms in total. The minimum Gasteiger partial charge on any atom is -0.496 e. The average Bonchev–Trinajstić information content (AvgIpc) is 3.50. The van der Waals surface area contributed by atoms with E-state index in [1.54, 1.807) is 0 Å². The van der Waals surface area contributed by atoms with Gasteiger partial charge < -0.3 is 14.6 Å². The highest BCUT2D eigenvalue weighted by atomic mass is 32.1. The molecule has 11 heteroatoms. The maximum absolute atomic E-state index is 13.1. The Bertz CT molecular complexity index is 1440. The number of esters is 1. The zero-order valence-corrected chi connectivity index (χ0v) is 18.6. The Hall–Kier alpha value is -3.96. The van der Waals surface area contributed by atoms with Crippen LogP contribution in [0, 0.1) is 0 Å². The van der Waals surface area contributed by atoms with Gasteiger partial charge in [0.15, 0.2) is 6.10 Å². The standard InChI is InChI=1S/C22H14N4O5S2/c1-30-19-7-4-13(8-14(19)21(27)28)22(29)31-20(11-2-5-15-17(9-11)25-32-23-15)12-3-6-16-18(10-12)26-33-24-16/h2-10,20H,1H3,(H,27,28). The lowest BCUT2D eigenvalue weighted by Crippen LogP contribution is -2.14. The Balaban J connectivity index is 1.56. The second-order valence-corrected chi connectivity index (χ2v) is 8.09. The Labute approximate surface area is 194 Å². The van der Waals surface area contributed by atoms with Crippen molar-refractivity contribution in [2.75, 3.05) is 7.11 Å². The lowest BCUT2D eigenvalue weighted by molar-refractivity contribution is 0.0378. The second kappa shape index (κ2) is 8.52. The number of hydrogen-bond acceptors (Lipinski definition) is 10. The number of ether oxygens (including phenoxy) is 2. The van der Waals surface area contributed by atoms with Gasteiger partial charge >= 0.3 is 11.9 Å². The summed E-state index contributed by atoms with van der Waals surface area (Å²) in [5.41, 5.74) is 4.21. The first-order valence-electron chi connectivity index (χ1n) is 9.60. The summed E-state index contributed by atoms with van der Waals surface area (Å²) in [6.07, 6.45) is -0.787. The highest BCUT2D eigenvalue weighted by Gasteiger charge is 2.23. The number of benzene rings is 3. The minimum atomic E-state index is -1.21. The van der Waals surface area contributed by atoms with Crippen LogP contribution >= 0.6 is 23.5 Å². The maximum Gasteiger partial charge on any atom is 0.339 e. The van der Waals surface area contributed by atoms with Crippen LogP contribution in [0.25, 0.3) is 22.1 Å². The Kier molecular flexibility index (Phi) is 5.40. The van der Waals surface area contributed by atoms with E-state index >= 15 is 0 Å². The number of fused-ring (bicyclic) bond motifs is 2. The molecule has 0 unspecified atom stereocenters. The van der Waals surface area contributed by atoms with E-state index in [0.717, 1.165) is 34.5 Å². The van der Waals surface area contributed by atoms with Gasteiger partial charge in [0, 0.05) is 0 Å². The van der Waals surface area contributed by atoms with Gasteiger partial charge in [0.2, 0.25) is 0 Å². The van der Waals surface area contributed by atoms with E-state index in [1.165, 1.54) is 25.3 Å². The number of carboxylic acids is 1. The summed E-state index contributed by atoms with van der Waals surface area (Å²) < 4.78 is 28.0. The van der Waals surface area contributed by atoms with Crippen molar-refractivity contribution < 1.29 is 24.2 Å². The molecule has 0 bridgehead atoms. The van der Waals surface area contributed by atoms with Gasteiger partial charge in [0.25, 0.3) is 0 Å². The molecule has 0 aliphatic rings. The number of rotatable bonds is 6. The van der Waals surface area contributed by atoms with Crippen LogP contribution in [-0.2, 0) is 4.74 Å². The number of aromatic carboxylic acids is 1. The number of hydrogen-bond donors (Lipinski definition) is 1. The molecule has 5 rings (SSSR count). The molecule has 2 aromatic heterocycles. The summed E-state index contributed by atoms with van der Waals surface area (Å²) in [6, 6.07) is 15.0. The highest BCUT2D eigenvalue weighted by Crippen LogP contribution is 2.31. The summed E-state index contributed by atoms with van der Waals surface area (Å²) in [7, 11) is 1.36. The lowest BCUT2D eigenvalue weighted by Gasteiger charge is -2.19. The molecule has 1 N–H and O–H groups in total. The third kappa shape index (κ3) is 3.99. The van der Waals surface area contributed by atoms with Crippen molar-refractivity contribution in [3.05, 3.63) is 76.9 Å². The van der Waals surface area contributed by atoms with Crippen molar-refractivity contribution in [1.82, 2.24) is 17.5 Å². The van der Waals surface area contributed by atoms with Crippen LogP contribution in [0.1, 0.15) is 37.9 Å². The summed E-state index contributed by atoms with van der Waals surface area (Å²) in [6.45, 7) is 0. The number of carboxylic acid groups (broad SMARTS) is 1. The van der Waals surface area contributed by atoms with Crippen molar-refractivity contribution in [2.24, 2.45) is 0 Å². The van der Waals surface area contributed by atoms with Crippen LogP contribution in [-0.4, -0.2) is 41.6 Å². The molecule has 33 heavy (non-hydrogen) atoms. The maximum atomic E-state index is 13.1. The molecule has 0 fully saturated rings. The van der Waals surface area contributed by atoms with Crippen molar-refractivity contribution in [1.29, 1.82) is 0 Å². The number of carbonyl (C=O) groups is 2. The largest absolute Gasteiger partial charge is 0.496 e. The van der Waals surface area contributed by atoms with E-state index in [-0.39, 0.29) is 16.9 Å². The number of carbonyl (C=O) groups excluding carboxylic acids is 1. The molecular formula is C22H14N4O5S2. The average molecular weight is 479 g/mol. The molecule has 0 saturated carbocycles. The second-order valence-electron chi connectivity index (χ2n) is 7.03. The fraction of sp³-hybridized carbons (Fsp3) is 0.0909. The Morgan fingerprint density at radius 3 is 1.94 bits per heavy atom. The summed E-state index contributed by atoms with van der Waals surface area (Å²) in [5, 5.41) is 9.45.